The number of hydrogen-bond donors (Lipinski definition) is 1. The van der Waals surface area contributed by atoms with Gasteiger partial charge in [-0.05, 0) is 47.0 Å². The largest absolute Gasteiger partial charge is 0.311 e. The molecule has 0 aromatic heterocycles. The van der Waals surface area contributed by atoms with Gasteiger partial charge >= 0.3 is 0 Å². The fourth-order valence-corrected chi connectivity index (χ4v) is 3.93. The molecule has 1 aliphatic rings. The van der Waals surface area contributed by atoms with Crippen LogP contribution in [0.4, 0.5) is 4.39 Å². The predicted molar refractivity (Wildman–Crippen MR) is 87.1 cm³/mol. The first-order valence-electron chi connectivity index (χ1n) is 8.12. The molecule has 1 aromatic rings. The molecule has 21 heavy (non-hydrogen) atoms. The van der Waals surface area contributed by atoms with Gasteiger partial charge in [0.05, 0.1) is 6.04 Å². The van der Waals surface area contributed by atoms with Crippen LogP contribution in [0.5, 0.6) is 0 Å². The van der Waals surface area contributed by atoms with Gasteiger partial charge in [-0.3, -0.25) is 0 Å². The van der Waals surface area contributed by atoms with Gasteiger partial charge in [-0.1, -0.05) is 43.4 Å². The zero-order valence-corrected chi connectivity index (χ0v) is 13.9. The van der Waals surface area contributed by atoms with Crippen LogP contribution in [0.2, 0.25) is 0 Å². The van der Waals surface area contributed by atoms with Gasteiger partial charge in [0.1, 0.15) is 5.82 Å². The van der Waals surface area contributed by atoms with E-state index in [4.69, 9.17) is 0 Å². The van der Waals surface area contributed by atoms with E-state index in [-0.39, 0.29) is 17.4 Å². The third-order valence-electron chi connectivity index (χ3n) is 5.15. The van der Waals surface area contributed by atoms with Crippen LogP contribution in [0.1, 0.15) is 55.7 Å². The first-order valence-corrected chi connectivity index (χ1v) is 8.12. The molecule has 0 spiro atoms. The summed E-state index contributed by atoms with van der Waals surface area (Å²) in [5.41, 5.74) is 1.93. The van der Waals surface area contributed by atoms with Crippen molar-refractivity contribution in [2.75, 3.05) is 21.1 Å². The van der Waals surface area contributed by atoms with Crippen LogP contribution in [0.25, 0.3) is 0 Å². The van der Waals surface area contributed by atoms with Crippen LogP contribution in [0, 0.1) is 12.7 Å². The topological polar surface area (TPSA) is 15.3 Å². The van der Waals surface area contributed by atoms with E-state index < -0.39 is 0 Å². The molecule has 1 unspecified atom stereocenters. The predicted octanol–water partition coefficient (Wildman–Crippen LogP) is 4.05. The highest BCUT2D eigenvalue weighted by Gasteiger charge is 2.42. The molecule has 0 aliphatic heterocycles. The third-order valence-corrected chi connectivity index (χ3v) is 5.15. The SMILES string of the molecule is CNC(c1cc(C)ccc1F)C1(N(C)C)CCCCCC1. The van der Waals surface area contributed by atoms with Gasteiger partial charge in [0.15, 0.2) is 0 Å². The summed E-state index contributed by atoms with van der Waals surface area (Å²) < 4.78 is 14.4. The Balaban J connectivity index is 2.46. The molecule has 0 heterocycles. The monoisotopic (exact) mass is 292 g/mol. The number of rotatable bonds is 4. The number of likely N-dealkylation sites (N-methyl/N-ethyl adjacent to an activating group) is 2. The Labute approximate surface area is 128 Å². The van der Waals surface area contributed by atoms with Crippen molar-refractivity contribution >= 4 is 0 Å². The van der Waals surface area contributed by atoms with Gasteiger partial charge in [-0.25, -0.2) is 4.39 Å². The van der Waals surface area contributed by atoms with Gasteiger partial charge in [-0.15, -0.1) is 0 Å². The molecule has 1 atom stereocenters. The van der Waals surface area contributed by atoms with E-state index in [1.165, 1.54) is 25.7 Å². The number of halogens is 1. The summed E-state index contributed by atoms with van der Waals surface area (Å²) in [4.78, 5) is 2.32. The van der Waals surface area contributed by atoms with Crippen LogP contribution < -0.4 is 5.32 Å². The lowest BCUT2D eigenvalue weighted by Crippen LogP contribution is -2.53. The Morgan fingerprint density at radius 1 is 1.14 bits per heavy atom. The summed E-state index contributed by atoms with van der Waals surface area (Å²) in [6.45, 7) is 2.03. The van der Waals surface area contributed by atoms with E-state index in [0.717, 1.165) is 24.0 Å². The highest BCUT2D eigenvalue weighted by molar-refractivity contribution is 5.30. The van der Waals surface area contributed by atoms with Gasteiger partial charge in [0.2, 0.25) is 0 Å². The van der Waals surface area contributed by atoms with Crippen molar-refractivity contribution in [3.8, 4) is 0 Å². The van der Waals surface area contributed by atoms with Crippen LogP contribution in [-0.2, 0) is 0 Å². The molecule has 1 aliphatic carbocycles. The molecule has 1 aromatic carbocycles. The second-order valence-electron chi connectivity index (χ2n) is 6.66. The number of nitrogens with zero attached hydrogens (tertiary/aromatic N) is 1. The van der Waals surface area contributed by atoms with Gasteiger partial charge in [-0.2, -0.15) is 0 Å². The molecule has 0 saturated heterocycles. The minimum atomic E-state index is -0.0922. The second-order valence-corrected chi connectivity index (χ2v) is 6.66. The fourth-order valence-electron chi connectivity index (χ4n) is 3.93. The fraction of sp³-hybridized carbons (Fsp3) is 0.667. The van der Waals surface area contributed by atoms with Crippen molar-refractivity contribution in [1.29, 1.82) is 0 Å². The molecule has 0 bridgehead atoms. The van der Waals surface area contributed by atoms with E-state index in [1.54, 1.807) is 6.07 Å². The van der Waals surface area contributed by atoms with Crippen molar-refractivity contribution in [3.63, 3.8) is 0 Å². The Morgan fingerprint density at radius 2 is 1.76 bits per heavy atom. The minimum Gasteiger partial charge on any atom is -0.311 e. The van der Waals surface area contributed by atoms with Crippen molar-refractivity contribution in [2.45, 2.75) is 57.0 Å². The smallest absolute Gasteiger partial charge is 0.128 e. The molecular weight excluding hydrogens is 263 g/mol. The van der Waals surface area contributed by atoms with Gasteiger partial charge in [0.25, 0.3) is 0 Å². The standard InChI is InChI=1S/C18H29FN2/c1-14-9-10-16(19)15(13-14)17(20-2)18(21(3)4)11-7-5-6-8-12-18/h9-10,13,17,20H,5-8,11-12H2,1-4H3. The molecule has 1 N–H and O–H groups in total. The summed E-state index contributed by atoms with van der Waals surface area (Å²) >= 11 is 0. The number of hydrogen-bond acceptors (Lipinski definition) is 2. The molecule has 1 saturated carbocycles. The van der Waals surface area contributed by atoms with E-state index >= 15 is 0 Å². The normalized spacial score (nSPS) is 20.3. The lowest BCUT2D eigenvalue weighted by atomic mass is 9.77. The lowest BCUT2D eigenvalue weighted by molar-refractivity contribution is 0.0818. The highest BCUT2D eigenvalue weighted by Crippen LogP contribution is 2.41. The number of benzene rings is 1. The second kappa shape index (κ2) is 6.89. The Hall–Kier alpha value is -0.930. The lowest BCUT2D eigenvalue weighted by Gasteiger charge is -2.46. The van der Waals surface area contributed by atoms with Crippen molar-refractivity contribution in [1.82, 2.24) is 10.2 Å². The van der Waals surface area contributed by atoms with Crippen LogP contribution >= 0.6 is 0 Å². The zero-order valence-electron chi connectivity index (χ0n) is 13.9. The van der Waals surface area contributed by atoms with E-state index in [1.807, 2.05) is 26.1 Å². The van der Waals surface area contributed by atoms with Crippen molar-refractivity contribution in [2.24, 2.45) is 0 Å². The first-order chi connectivity index (χ1) is 10.0. The Bertz CT molecular complexity index is 462. The van der Waals surface area contributed by atoms with Crippen molar-refractivity contribution < 1.29 is 4.39 Å². The maximum Gasteiger partial charge on any atom is 0.128 e. The van der Waals surface area contributed by atoms with Gasteiger partial charge < -0.3 is 10.2 Å². The molecule has 3 heteroatoms. The summed E-state index contributed by atoms with van der Waals surface area (Å²) in [6.07, 6.45) is 7.29. The van der Waals surface area contributed by atoms with Crippen molar-refractivity contribution in [3.05, 3.63) is 35.1 Å². The molecule has 118 valence electrons. The molecular formula is C18H29FN2. The van der Waals surface area contributed by atoms with Crippen LogP contribution in [-0.4, -0.2) is 31.6 Å². The Morgan fingerprint density at radius 3 is 2.29 bits per heavy atom. The third kappa shape index (κ3) is 3.29. The number of nitrogens with one attached hydrogen (secondary N) is 1. The maximum atomic E-state index is 14.4. The average Bonchev–Trinajstić information content (AvgIpc) is 2.70. The Kier molecular flexibility index (Phi) is 5.39. The van der Waals surface area contributed by atoms with E-state index in [9.17, 15) is 4.39 Å². The molecule has 2 rings (SSSR count). The highest BCUT2D eigenvalue weighted by atomic mass is 19.1. The summed E-state index contributed by atoms with van der Waals surface area (Å²) in [7, 11) is 6.25. The summed E-state index contributed by atoms with van der Waals surface area (Å²) in [5.74, 6) is -0.0922. The molecule has 0 amide bonds. The zero-order chi connectivity index (χ0) is 15.5. The average molecular weight is 292 g/mol. The molecule has 2 nitrogen and oxygen atoms in total. The maximum absolute atomic E-state index is 14.4. The van der Waals surface area contributed by atoms with Crippen LogP contribution in [0.15, 0.2) is 18.2 Å². The van der Waals surface area contributed by atoms with Gasteiger partial charge in [0, 0.05) is 11.1 Å². The van der Waals surface area contributed by atoms with E-state index in [2.05, 4.69) is 24.3 Å². The van der Waals surface area contributed by atoms with Crippen LogP contribution in [0.3, 0.4) is 0 Å². The number of aryl methyl sites for hydroxylation is 1. The first kappa shape index (κ1) is 16.4. The molecule has 0 radical (unpaired) electrons. The van der Waals surface area contributed by atoms with E-state index in [0.29, 0.717) is 0 Å². The minimum absolute atomic E-state index is 0.000116. The molecule has 1 fully saturated rings. The quantitative estimate of drug-likeness (QED) is 0.842. The summed E-state index contributed by atoms with van der Waals surface area (Å²) in [5, 5.41) is 3.42. The summed E-state index contributed by atoms with van der Waals surface area (Å²) in [6, 6.07) is 5.49.